The molecule has 2 nitrogen and oxygen atoms in total. The smallest absolute Gasteiger partial charge is 0.0943 e. The molecule has 0 aliphatic heterocycles. The van der Waals surface area contributed by atoms with Crippen LogP contribution in [0.1, 0.15) is 0 Å². The van der Waals surface area contributed by atoms with Crippen LogP contribution < -0.4 is 0 Å². The molecule has 35 valence electrons. The van der Waals surface area contributed by atoms with E-state index in [0.29, 0.717) is 0 Å². The molecule has 0 spiro atoms. The van der Waals surface area contributed by atoms with Crippen molar-refractivity contribution >= 4 is 0 Å². The summed E-state index contributed by atoms with van der Waals surface area (Å²) in [6, 6.07) is 0. The standard InChI is InChI=1S/C4H6N2.Y/c1-6-3-2-5-4-6;/h2-4H,1H3;. The van der Waals surface area contributed by atoms with Crippen molar-refractivity contribution in [3.05, 3.63) is 18.7 Å². The van der Waals surface area contributed by atoms with E-state index in [-0.39, 0.29) is 32.7 Å². The zero-order valence-electron chi connectivity index (χ0n) is 4.20. The van der Waals surface area contributed by atoms with Gasteiger partial charge in [-0.15, -0.1) is 0 Å². The predicted molar refractivity (Wildman–Crippen MR) is 23.2 cm³/mol. The average molecular weight is 171 g/mol. The molecule has 0 fully saturated rings. The summed E-state index contributed by atoms with van der Waals surface area (Å²) in [5.74, 6) is 0. The number of rotatable bonds is 0. The van der Waals surface area contributed by atoms with Gasteiger partial charge in [-0.05, 0) is 0 Å². The van der Waals surface area contributed by atoms with Crippen LogP contribution in [0.3, 0.4) is 0 Å². The number of imidazole rings is 1. The van der Waals surface area contributed by atoms with Gasteiger partial charge < -0.3 is 4.57 Å². The Bertz CT molecular complexity index is 113. The van der Waals surface area contributed by atoms with Crippen LogP contribution in [0.2, 0.25) is 0 Å². The van der Waals surface area contributed by atoms with Crippen molar-refractivity contribution in [2.75, 3.05) is 0 Å². The van der Waals surface area contributed by atoms with Gasteiger partial charge in [0, 0.05) is 52.2 Å². The molecule has 0 N–H and O–H groups in total. The Balaban J connectivity index is 0.000000360. The molecular formula is C4H6N2Y. The fourth-order valence-corrected chi connectivity index (χ4v) is 0.326. The molecule has 7 heavy (non-hydrogen) atoms. The van der Waals surface area contributed by atoms with Crippen molar-refractivity contribution in [1.29, 1.82) is 0 Å². The summed E-state index contributed by atoms with van der Waals surface area (Å²) in [5.41, 5.74) is 0. The molecule has 0 saturated carbocycles. The third kappa shape index (κ3) is 2.20. The minimum atomic E-state index is 0. The van der Waals surface area contributed by atoms with Gasteiger partial charge in [-0.3, -0.25) is 0 Å². The van der Waals surface area contributed by atoms with Crippen LogP contribution in [0.15, 0.2) is 18.7 Å². The van der Waals surface area contributed by atoms with E-state index < -0.39 is 0 Å². The topological polar surface area (TPSA) is 17.8 Å². The maximum absolute atomic E-state index is 3.78. The second-order valence-corrected chi connectivity index (χ2v) is 1.23. The number of hydrogen-bond acceptors (Lipinski definition) is 1. The summed E-state index contributed by atoms with van der Waals surface area (Å²) in [7, 11) is 1.94. The van der Waals surface area contributed by atoms with Gasteiger partial charge in [0.1, 0.15) is 0 Å². The fourth-order valence-electron chi connectivity index (χ4n) is 0.326. The van der Waals surface area contributed by atoms with Crippen LogP contribution in [-0.2, 0) is 39.8 Å². The van der Waals surface area contributed by atoms with Gasteiger partial charge in [-0.25, -0.2) is 4.98 Å². The fraction of sp³-hybridized carbons (Fsp3) is 0.250. The van der Waals surface area contributed by atoms with E-state index in [1.54, 1.807) is 12.5 Å². The van der Waals surface area contributed by atoms with Gasteiger partial charge in [0.25, 0.3) is 0 Å². The Labute approximate surface area is 67.8 Å². The quantitative estimate of drug-likeness (QED) is 0.553. The molecule has 0 aliphatic carbocycles. The van der Waals surface area contributed by atoms with Crippen LogP contribution in [0.5, 0.6) is 0 Å². The van der Waals surface area contributed by atoms with E-state index in [4.69, 9.17) is 0 Å². The Kier molecular flexibility index (Phi) is 3.48. The summed E-state index contributed by atoms with van der Waals surface area (Å²) >= 11 is 0. The summed E-state index contributed by atoms with van der Waals surface area (Å²) in [4.78, 5) is 3.78. The molecular weight excluding hydrogens is 165 g/mol. The summed E-state index contributed by atoms with van der Waals surface area (Å²) < 4.78 is 1.89. The molecule has 0 aliphatic rings. The number of hydrogen-bond donors (Lipinski definition) is 0. The SMILES string of the molecule is Cn1ccnc1.[Y]. The maximum Gasteiger partial charge on any atom is 0.0943 e. The van der Waals surface area contributed by atoms with Gasteiger partial charge in [-0.1, -0.05) is 0 Å². The first-order valence-corrected chi connectivity index (χ1v) is 1.81. The molecule has 0 aromatic carbocycles. The summed E-state index contributed by atoms with van der Waals surface area (Å²) in [5, 5.41) is 0. The largest absolute Gasteiger partial charge is 0.341 e. The summed E-state index contributed by atoms with van der Waals surface area (Å²) in [6.45, 7) is 0. The van der Waals surface area contributed by atoms with Crippen molar-refractivity contribution in [1.82, 2.24) is 9.55 Å². The first kappa shape index (κ1) is 7.31. The van der Waals surface area contributed by atoms with Crippen LogP contribution in [-0.4, -0.2) is 9.55 Å². The average Bonchev–Trinajstić information content (AvgIpc) is 1.86. The Hall–Kier alpha value is 0.314. The van der Waals surface area contributed by atoms with Crippen LogP contribution in [0.25, 0.3) is 0 Å². The van der Waals surface area contributed by atoms with Crippen LogP contribution >= 0.6 is 0 Å². The Morgan fingerprint density at radius 1 is 1.57 bits per heavy atom. The first-order valence-electron chi connectivity index (χ1n) is 1.81. The predicted octanol–water partition coefficient (Wildman–Crippen LogP) is 0.418. The zero-order valence-corrected chi connectivity index (χ0v) is 7.04. The van der Waals surface area contributed by atoms with Gasteiger partial charge in [0.05, 0.1) is 6.33 Å². The van der Waals surface area contributed by atoms with Crippen LogP contribution in [0.4, 0.5) is 0 Å². The van der Waals surface area contributed by atoms with Crippen LogP contribution in [0, 0.1) is 0 Å². The van der Waals surface area contributed by atoms with Gasteiger partial charge in [-0.2, -0.15) is 0 Å². The molecule has 0 bridgehead atoms. The first-order chi connectivity index (χ1) is 2.89. The van der Waals surface area contributed by atoms with E-state index in [9.17, 15) is 0 Å². The van der Waals surface area contributed by atoms with Gasteiger partial charge in [0.15, 0.2) is 0 Å². The molecule has 0 unspecified atom stereocenters. The maximum atomic E-state index is 3.78. The second kappa shape index (κ2) is 3.33. The summed E-state index contributed by atoms with van der Waals surface area (Å²) in [6.07, 6.45) is 5.39. The number of aryl methyl sites for hydroxylation is 1. The van der Waals surface area contributed by atoms with E-state index in [1.165, 1.54) is 0 Å². The molecule has 1 aromatic rings. The van der Waals surface area contributed by atoms with Crippen molar-refractivity contribution in [2.45, 2.75) is 0 Å². The molecule has 1 radical (unpaired) electrons. The number of aromatic nitrogens is 2. The number of nitrogens with zero attached hydrogens (tertiary/aromatic N) is 2. The molecule has 3 heteroatoms. The third-order valence-corrected chi connectivity index (χ3v) is 0.637. The van der Waals surface area contributed by atoms with Gasteiger partial charge in [0.2, 0.25) is 0 Å². The van der Waals surface area contributed by atoms with E-state index in [2.05, 4.69) is 4.98 Å². The third-order valence-electron chi connectivity index (χ3n) is 0.637. The minimum Gasteiger partial charge on any atom is -0.341 e. The van der Waals surface area contributed by atoms with Crippen molar-refractivity contribution < 1.29 is 32.7 Å². The molecule has 0 saturated heterocycles. The molecule has 0 amide bonds. The van der Waals surface area contributed by atoms with Gasteiger partial charge >= 0.3 is 0 Å². The second-order valence-electron chi connectivity index (χ2n) is 1.23. The Morgan fingerprint density at radius 3 is 2.43 bits per heavy atom. The van der Waals surface area contributed by atoms with Crippen molar-refractivity contribution in [3.8, 4) is 0 Å². The Morgan fingerprint density at radius 2 is 2.29 bits per heavy atom. The zero-order chi connectivity index (χ0) is 4.41. The molecule has 1 heterocycles. The molecule has 1 rings (SSSR count). The van der Waals surface area contributed by atoms with E-state index >= 15 is 0 Å². The van der Waals surface area contributed by atoms with Crippen molar-refractivity contribution in [2.24, 2.45) is 7.05 Å². The van der Waals surface area contributed by atoms with Crippen molar-refractivity contribution in [3.63, 3.8) is 0 Å². The molecule has 0 atom stereocenters. The molecule has 1 aromatic heterocycles. The monoisotopic (exact) mass is 171 g/mol. The van der Waals surface area contributed by atoms with E-state index in [0.717, 1.165) is 0 Å². The normalized spacial score (nSPS) is 7.57. The van der Waals surface area contributed by atoms with E-state index in [1.807, 2.05) is 17.8 Å². The minimum absolute atomic E-state index is 0.